The zero-order valence-corrected chi connectivity index (χ0v) is 9.98. The number of nitrogens with one attached hydrogen (secondary N) is 1. The molecule has 1 saturated heterocycles. The number of phenolic OH excluding ortho intramolecular Hbond substituents is 1. The third-order valence-corrected chi connectivity index (χ3v) is 3.00. The monoisotopic (exact) mass is 281 g/mol. The Bertz CT molecular complexity index is 445. The molecule has 1 atom stereocenters. The Morgan fingerprint density at radius 1 is 1.39 bits per heavy atom. The van der Waals surface area contributed by atoms with Gasteiger partial charge in [0.1, 0.15) is 5.75 Å². The average Bonchev–Trinajstić information content (AvgIpc) is 2.32. The lowest BCUT2D eigenvalue weighted by Crippen LogP contribution is -2.34. The van der Waals surface area contributed by atoms with Crippen LogP contribution in [0.4, 0.5) is 13.2 Å². The number of halogens is 4. The highest BCUT2D eigenvalue weighted by Gasteiger charge is 2.37. The molecule has 1 heterocycles. The van der Waals surface area contributed by atoms with Crippen LogP contribution >= 0.6 is 11.6 Å². The van der Waals surface area contributed by atoms with Gasteiger partial charge in [-0.05, 0) is 17.7 Å². The van der Waals surface area contributed by atoms with Gasteiger partial charge in [-0.25, -0.2) is 0 Å². The van der Waals surface area contributed by atoms with Crippen LogP contribution in [0.2, 0.25) is 5.02 Å². The number of morpholine rings is 1. The lowest BCUT2D eigenvalue weighted by Gasteiger charge is -2.26. The van der Waals surface area contributed by atoms with E-state index in [2.05, 4.69) is 5.32 Å². The fraction of sp³-hybridized carbons (Fsp3) is 0.455. The lowest BCUT2D eigenvalue weighted by molar-refractivity contribution is -0.139. The zero-order valence-electron chi connectivity index (χ0n) is 9.22. The summed E-state index contributed by atoms with van der Waals surface area (Å²) in [5, 5.41) is 12.1. The summed E-state index contributed by atoms with van der Waals surface area (Å²) in [5.41, 5.74) is -0.976. The normalized spacial score (nSPS) is 21.0. The van der Waals surface area contributed by atoms with Crippen LogP contribution in [0.5, 0.6) is 5.75 Å². The molecule has 18 heavy (non-hydrogen) atoms. The Morgan fingerprint density at radius 2 is 2.11 bits per heavy atom. The molecule has 0 amide bonds. The van der Waals surface area contributed by atoms with Crippen molar-refractivity contribution in [2.75, 3.05) is 19.7 Å². The van der Waals surface area contributed by atoms with E-state index in [0.717, 1.165) is 6.07 Å². The summed E-state index contributed by atoms with van der Waals surface area (Å²) in [6, 6.07) is 1.74. The molecular formula is C11H11ClF3NO2. The van der Waals surface area contributed by atoms with Gasteiger partial charge in [-0.1, -0.05) is 11.6 Å². The van der Waals surface area contributed by atoms with Crippen molar-refractivity contribution in [2.24, 2.45) is 0 Å². The number of hydrogen-bond acceptors (Lipinski definition) is 3. The number of hydrogen-bond donors (Lipinski definition) is 2. The Kier molecular flexibility index (Phi) is 3.70. The Labute approximate surface area is 107 Å². The molecule has 1 aliphatic heterocycles. The predicted molar refractivity (Wildman–Crippen MR) is 59.7 cm³/mol. The Balaban J connectivity index is 2.46. The molecule has 1 aromatic carbocycles. The molecule has 2 rings (SSSR count). The molecule has 0 aliphatic carbocycles. The molecule has 0 bridgehead atoms. The van der Waals surface area contributed by atoms with E-state index in [-0.39, 0.29) is 17.1 Å². The zero-order chi connectivity index (χ0) is 13.3. The largest absolute Gasteiger partial charge is 0.506 e. The topological polar surface area (TPSA) is 41.5 Å². The summed E-state index contributed by atoms with van der Waals surface area (Å²) in [6.07, 6.45) is -5.27. The van der Waals surface area contributed by atoms with Gasteiger partial charge in [0.2, 0.25) is 0 Å². The fourth-order valence-electron chi connectivity index (χ4n) is 1.85. The highest BCUT2D eigenvalue weighted by molar-refractivity contribution is 6.32. The first-order valence-electron chi connectivity index (χ1n) is 5.31. The second kappa shape index (κ2) is 4.95. The van der Waals surface area contributed by atoms with Gasteiger partial charge in [0, 0.05) is 13.1 Å². The second-order valence-electron chi connectivity index (χ2n) is 3.95. The number of ether oxygens (including phenoxy) is 1. The minimum absolute atomic E-state index is 0.0579. The minimum Gasteiger partial charge on any atom is -0.506 e. The molecule has 3 nitrogen and oxygen atoms in total. The summed E-state index contributed by atoms with van der Waals surface area (Å²) >= 11 is 5.66. The molecule has 1 fully saturated rings. The number of phenols is 1. The van der Waals surface area contributed by atoms with Crippen LogP contribution in [-0.4, -0.2) is 24.8 Å². The molecule has 1 aromatic rings. The van der Waals surface area contributed by atoms with Gasteiger partial charge >= 0.3 is 6.18 Å². The first kappa shape index (κ1) is 13.5. The van der Waals surface area contributed by atoms with E-state index in [0.29, 0.717) is 19.2 Å². The van der Waals surface area contributed by atoms with Gasteiger partial charge in [-0.15, -0.1) is 0 Å². The van der Waals surface area contributed by atoms with Gasteiger partial charge in [0.15, 0.2) is 0 Å². The molecule has 2 N–H and O–H groups in total. The summed E-state index contributed by atoms with van der Waals surface area (Å²) in [5.74, 6) is -0.587. The van der Waals surface area contributed by atoms with Crippen LogP contribution in [0, 0.1) is 0 Å². The third-order valence-electron chi connectivity index (χ3n) is 2.70. The lowest BCUT2D eigenvalue weighted by atomic mass is 10.0. The molecule has 1 aliphatic rings. The van der Waals surface area contributed by atoms with E-state index in [1.54, 1.807) is 0 Å². The van der Waals surface area contributed by atoms with Crippen molar-refractivity contribution >= 4 is 11.6 Å². The molecule has 0 saturated carbocycles. The summed E-state index contributed by atoms with van der Waals surface area (Å²) in [7, 11) is 0. The second-order valence-corrected chi connectivity index (χ2v) is 4.36. The smallest absolute Gasteiger partial charge is 0.416 e. The third kappa shape index (κ3) is 2.71. The summed E-state index contributed by atoms with van der Waals surface area (Å²) < 4.78 is 43.9. The van der Waals surface area contributed by atoms with Crippen molar-refractivity contribution < 1.29 is 23.0 Å². The standard InChI is InChI=1S/C11H11ClF3NO2/c12-8-3-6(10-5-16-1-2-18-10)7(4-9(8)17)11(13,14)15/h3-4,10,16-17H,1-2,5H2. The fourth-order valence-corrected chi connectivity index (χ4v) is 2.03. The number of alkyl halides is 3. The van der Waals surface area contributed by atoms with E-state index in [4.69, 9.17) is 16.3 Å². The Hall–Kier alpha value is -0.980. The van der Waals surface area contributed by atoms with Gasteiger partial charge in [0.05, 0.1) is 23.3 Å². The number of aromatic hydroxyl groups is 1. The van der Waals surface area contributed by atoms with Gasteiger partial charge in [-0.3, -0.25) is 0 Å². The first-order valence-corrected chi connectivity index (χ1v) is 5.69. The highest BCUT2D eigenvalue weighted by Crippen LogP contribution is 2.40. The van der Waals surface area contributed by atoms with E-state index in [9.17, 15) is 18.3 Å². The van der Waals surface area contributed by atoms with Crippen LogP contribution < -0.4 is 5.32 Å². The molecule has 0 spiro atoms. The van der Waals surface area contributed by atoms with Crippen molar-refractivity contribution in [3.8, 4) is 5.75 Å². The van der Waals surface area contributed by atoms with Crippen molar-refractivity contribution in [2.45, 2.75) is 12.3 Å². The predicted octanol–water partition coefficient (Wildman–Crippen LogP) is 2.73. The molecule has 0 radical (unpaired) electrons. The van der Waals surface area contributed by atoms with E-state index < -0.39 is 23.6 Å². The number of rotatable bonds is 1. The van der Waals surface area contributed by atoms with Gasteiger partial charge in [0.25, 0.3) is 0 Å². The average molecular weight is 282 g/mol. The first-order chi connectivity index (χ1) is 8.39. The van der Waals surface area contributed by atoms with Crippen LogP contribution in [0.3, 0.4) is 0 Å². The van der Waals surface area contributed by atoms with Crippen LogP contribution in [0.1, 0.15) is 17.2 Å². The van der Waals surface area contributed by atoms with Gasteiger partial charge < -0.3 is 15.2 Å². The van der Waals surface area contributed by atoms with Crippen molar-refractivity contribution in [3.63, 3.8) is 0 Å². The maximum absolute atomic E-state index is 12.9. The molecule has 100 valence electrons. The minimum atomic E-state index is -4.56. The maximum Gasteiger partial charge on any atom is 0.416 e. The summed E-state index contributed by atoms with van der Waals surface area (Å²) in [4.78, 5) is 0. The van der Waals surface area contributed by atoms with Crippen molar-refractivity contribution in [1.82, 2.24) is 5.32 Å². The maximum atomic E-state index is 12.9. The van der Waals surface area contributed by atoms with E-state index in [1.165, 1.54) is 0 Å². The van der Waals surface area contributed by atoms with E-state index >= 15 is 0 Å². The van der Waals surface area contributed by atoms with Crippen molar-refractivity contribution in [1.29, 1.82) is 0 Å². The van der Waals surface area contributed by atoms with Crippen molar-refractivity contribution in [3.05, 3.63) is 28.3 Å². The quantitative estimate of drug-likeness (QED) is 0.832. The van der Waals surface area contributed by atoms with Crippen LogP contribution in [0.25, 0.3) is 0 Å². The van der Waals surface area contributed by atoms with Crippen LogP contribution in [0.15, 0.2) is 12.1 Å². The molecule has 7 heteroatoms. The molecular weight excluding hydrogens is 271 g/mol. The summed E-state index contributed by atoms with van der Waals surface area (Å²) in [6.45, 7) is 1.22. The van der Waals surface area contributed by atoms with Crippen LogP contribution in [-0.2, 0) is 10.9 Å². The SMILES string of the molecule is Oc1cc(C(F)(F)F)c(C2CNCCO2)cc1Cl. The number of benzene rings is 1. The highest BCUT2D eigenvalue weighted by atomic mass is 35.5. The Morgan fingerprint density at radius 3 is 2.67 bits per heavy atom. The molecule has 1 unspecified atom stereocenters. The molecule has 0 aromatic heterocycles. The van der Waals surface area contributed by atoms with E-state index in [1.807, 2.05) is 0 Å². The van der Waals surface area contributed by atoms with Gasteiger partial charge in [-0.2, -0.15) is 13.2 Å².